The molecule has 106 valence electrons. The fraction of sp³-hybridized carbons (Fsp3) is 0. The molecule has 1 amide bonds. The number of rotatable bonds is 2. The van der Waals surface area contributed by atoms with Crippen molar-refractivity contribution in [3.63, 3.8) is 0 Å². The van der Waals surface area contributed by atoms with E-state index in [1.807, 2.05) is 30.3 Å². The van der Waals surface area contributed by atoms with Crippen molar-refractivity contribution in [3.8, 4) is 0 Å². The summed E-state index contributed by atoms with van der Waals surface area (Å²) in [7, 11) is 0. The van der Waals surface area contributed by atoms with Gasteiger partial charge in [0.2, 0.25) is 0 Å². The molecule has 5 heteroatoms. The second-order valence-electron chi connectivity index (χ2n) is 4.87. The Morgan fingerprint density at radius 1 is 1.05 bits per heavy atom. The molecule has 0 saturated heterocycles. The van der Waals surface area contributed by atoms with Gasteiger partial charge >= 0.3 is 0 Å². The van der Waals surface area contributed by atoms with Gasteiger partial charge in [0.15, 0.2) is 12.0 Å². The van der Waals surface area contributed by atoms with Crippen LogP contribution in [0.1, 0.15) is 10.4 Å². The van der Waals surface area contributed by atoms with Gasteiger partial charge in [0.05, 0.1) is 11.2 Å². The van der Waals surface area contributed by atoms with Crippen LogP contribution in [-0.2, 0) is 0 Å². The molecule has 1 N–H and O–H groups in total. The number of fused-ring (bicyclic) bond motifs is 2. The van der Waals surface area contributed by atoms with Crippen molar-refractivity contribution >= 4 is 33.6 Å². The third kappa shape index (κ3) is 2.09. The summed E-state index contributed by atoms with van der Waals surface area (Å²) in [4.78, 5) is 20.8. The maximum atomic E-state index is 12.4. The number of hydrogen-bond acceptors (Lipinski definition) is 4. The Morgan fingerprint density at radius 3 is 2.91 bits per heavy atom. The van der Waals surface area contributed by atoms with Crippen LogP contribution in [0.2, 0.25) is 0 Å². The molecule has 2 aromatic carbocycles. The number of aromatic nitrogens is 2. The molecule has 0 saturated carbocycles. The number of benzene rings is 2. The van der Waals surface area contributed by atoms with Crippen LogP contribution < -0.4 is 5.32 Å². The van der Waals surface area contributed by atoms with E-state index in [0.29, 0.717) is 16.8 Å². The minimum atomic E-state index is -0.212. The van der Waals surface area contributed by atoms with Gasteiger partial charge in [0.1, 0.15) is 5.52 Å². The topological polar surface area (TPSA) is 68.0 Å². The molecule has 4 rings (SSSR count). The predicted molar refractivity (Wildman–Crippen MR) is 83.7 cm³/mol. The third-order valence-electron chi connectivity index (χ3n) is 3.47. The van der Waals surface area contributed by atoms with Crippen LogP contribution in [0.4, 0.5) is 5.69 Å². The highest BCUT2D eigenvalue weighted by Crippen LogP contribution is 2.22. The second-order valence-corrected chi connectivity index (χ2v) is 4.87. The van der Waals surface area contributed by atoms with Gasteiger partial charge in [-0.25, -0.2) is 4.98 Å². The van der Waals surface area contributed by atoms with Crippen LogP contribution in [0.15, 0.2) is 65.5 Å². The lowest BCUT2D eigenvalue weighted by Crippen LogP contribution is -2.12. The van der Waals surface area contributed by atoms with E-state index in [0.717, 1.165) is 16.4 Å². The molecule has 0 atom stereocenters. The fourth-order valence-electron chi connectivity index (χ4n) is 2.40. The highest BCUT2D eigenvalue weighted by Gasteiger charge is 2.10. The number of pyridine rings is 1. The normalized spacial score (nSPS) is 10.9. The summed E-state index contributed by atoms with van der Waals surface area (Å²) in [6.45, 7) is 0. The Kier molecular flexibility index (Phi) is 2.83. The summed E-state index contributed by atoms with van der Waals surface area (Å²) in [5, 5.41) is 3.87. The van der Waals surface area contributed by atoms with E-state index in [1.165, 1.54) is 6.39 Å². The molecule has 0 unspecified atom stereocenters. The average Bonchev–Trinajstić information content (AvgIpc) is 3.02. The smallest absolute Gasteiger partial charge is 0.255 e. The molecule has 0 spiro atoms. The molecule has 0 aliphatic carbocycles. The number of carbonyl (C=O) groups is 1. The van der Waals surface area contributed by atoms with Crippen LogP contribution in [0.5, 0.6) is 0 Å². The van der Waals surface area contributed by atoms with E-state index in [-0.39, 0.29) is 5.91 Å². The first kappa shape index (κ1) is 12.5. The summed E-state index contributed by atoms with van der Waals surface area (Å²) in [5.41, 5.74) is 3.27. The van der Waals surface area contributed by atoms with Crippen LogP contribution in [0, 0.1) is 0 Å². The quantitative estimate of drug-likeness (QED) is 0.612. The minimum Gasteiger partial charge on any atom is -0.443 e. The van der Waals surface area contributed by atoms with Crippen molar-refractivity contribution in [3.05, 3.63) is 66.7 Å². The lowest BCUT2D eigenvalue weighted by atomic mass is 10.1. The van der Waals surface area contributed by atoms with Crippen LogP contribution in [0.3, 0.4) is 0 Å². The Bertz CT molecular complexity index is 986. The van der Waals surface area contributed by atoms with Gasteiger partial charge in [0.25, 0.3) is 5.91 Å². The summed E-state index contributed by atoms with van der Waals surface area (Å²) < 4.78 is 5.23. The van der Waals surface area contributed by atoms with Gasteiger partial charge in [-0.3, -0.25) is 9.78 Å². The zero-order chi connectivity index (χ0) is 14.9. The van der Waals surface area contributed by atoms with Crippen molar-refractivity contribution in [2.45, 2.75) is 0 Å². The van der Waals surface area contributed by atoms with Gasteiger partial charge in [-0.2, -0.15) is 0 Å². The Morgan fingerprint density at radius 2 is 1.95 bits per heavy atom. The maximum Gasteiger partial charge on any atom is 0.255 e. The monoisotopic (exact) mass is 289 g/mol. The zero-order valence-electron chi connectivity index (χ0n) is 11.5. The van der Waals surface area contributed by atoms with Crippen molar-refractivity contribution < 1.29 is 9.21 Å². The number of anilines is 1. The SMILES string of the molecule is O=C(Nc1cccc2cccnc12)c1ccc2ncoc2c1. The molecule has 4 aromatic rings. The van der Waals surface area contributed by atoms with E-state index < -0.39 is 0 Å². The number of nitrogens with one attached hydrogen (secondary N) is 1. The summed E-state index contributed by atoms with van der Waals surface area (Å²) >= 11 is 0. The molecule has 22 heavy (non-hydrogen) atoms. The van der Waals surface area contributed by atoms with Crippen LogP contribution in [0.25, 0.3) is 22.0 Å². The van der Waals surface area contributed by atoms with E-state index in [2.05, 4.69) is 15.3 Å². The van der Waals surface area contributed by atoms with Gasteiger partial charge in [-0.15, -0.1) is 0 Å². The Labute approximate surface area is 125 Å². The molecule has 0 bridgehead atoms. The van der Waals surface area contributed by atoms with Crippen molar-refractivity contribution in [2.75, 3.05) is 5.32 Å². The lowest BCUT2D eigenvalue weighted by molar-refractivity contribution is 0.102. The first-order valence-electron chi connectivity index (χ1n) is 6.79. The Balaban J connectivity index is 1.71. The molecule has 2 aromatic heterocycles. The van der Waals surface area contributed by atoms with E-state index in [9.17, 15) is 4.79 Å². The van der Waals surface area contributed by atoms with Crippen molar-refractivity contribution in [1.82, 2.24) is 9.97 Å². The zero-order valence-corrected chi connectivity index (χ0v) is 11.5. The average molecular weight is 289 g/mol. The number of carbonyl (C=O) groups excluding carboxylic acids is 1. The van der Waals surface area contributed by atoms with Crippen molar-refractivity contribution in [2.24, 2.45) is 0 Å². The number of nitrogens with zero attached hydrogens (tertiary/aromatic N) is 2. The molecule has 0 aliphatic rings. The minimum absolute atomic E-state index is 0.212. The fourth-order valence-corrected chi connectivity index (χ4v) is 2.40. The third-order valence-corrected chi connectivity index (χ3v) is 3.47. The van der Waals surface area contributed by atoms with E-state index >= 15 is 0 Å². The van der Waals surface area contributed by atoms with Gasteiger partial charge in [-0.05, 0) is 30.3 Å². The first-order valence-corrected chi connectivity index (χ1v) is 6.79. The number of oxazole rings is 1. The van der Waals surface area contributed by atoms with Gasteiger partial charge < -0.3 is 9.73 Å². The van der Waals surface area contributed by atoms with E-state index in [1.54, 1.807) is 24.4 Å². The highest BCUT2D eigenvalue weighted by atomic mass is 16.3. The number of hydrogen-bond donors (Lipinski definition) is 1. The summed E-state index contributed by atoms with van der Waals surface area (Å²) in [6, 6.07) is 14.7. The number of para-hydroxylation sites is 1. The molecule has 5 nitrogen and oxygen atoms in total. The molecular formula is C17H11N3O2. The largest absolute Gasteiger partial charge is 0.443 e. The van der Waals surface area contributed by atoms with Crippen molar-refractivity contribution in [1.29, 1.82) is 0 Å². The summed E-state index contributed by atoms with van der Waals surface area (Å²) in [5.74, 6) is -0.212. The van der Waals surface area contributed by atoms with Gasteiger partial charge in [-0.1, -0.05) is 18.2 Å². The molecule has 2 heterocycles. The molecule has 0 radical (unpaired) electrons. The first-order chi connectivity index (χ1) is 10.8. The standard InChI is InChI=1S/C17H11N3O2/c21-17(12-6-7-13-15(9-12)22-10-19-13)20-14-5-1-3-11-4-2-8-18-16(11)14/h1-10H,(H,20,21). The highest BCUT2D eigenvalue weighted by molar-refractivity contribution is 6.09. The van der Waals surface area contributed by atoms with Crippen LogP contribution in [-0.4, -0.2) is 15.9 Å². The molecule has 0 fully saturated rings. The van der Waals surface area contributed by atoms with Crippen LogP contribution >= 0.6 is 0 Å². The van der Waals surface area contributed by atoms with Gasteiger partial charge in [0, 0.05) is 17.1 Å². The predicted octanol–water partition coefficient (Wildman–Crippen LogP) is 3.63. The van der Waals surface area contributed by atoms with E-state index in [4.69, 9.17) is 4.42 Å². The lowest BCUT2D eigenvalue weighted by Gasteiger charge is -2.07. The molecule has 0 aliphatic heterocycles. The second kappa shape index (κ2) is 4.96. The Hall–Kier alpha value is -3.21. The number of amides is 1. The maximum absolute atomic E-state index is 12.4. The summed E-state index contributed by atoms with van der Waals surface area (Å²) in [6.07, 6.45) is 3.07. The molecular weight excluding hydrogens is 278 g/mol.